The van der Waals surface area contributed by atoms with Gasteiger partial charge in [0, 0.05) is 39.1 Å². The van der Waals surface area contributed by atoms with Crippen LogP contribution in [0.2, 0.25) is 0 Å². The van der Waals surface area contributed by atoms with Crippen LogP contribution in [-0.4, -0.2) is 15.8 Å². The first-order valence-electron chi connectivity index (χ1n) is 18.0. The molecular weight excluding hydrogens is 615 g/mol. The van der Waals surface area contributed by atoms with E-state index >= 15 is 0 Å². The van der Waals surface area contributed by atoms with Crippen LogP contribution >= 0.6 is 0 Å². The Morgan fingerprint density at radius 2 is 1.02 bits per heavy atom. The van der Waals surface area contributed by atoms with E-state index in [9.17, 15) is 0 Å². The number of aromatic nitrogens is 2. The molecule has 0 N–H and O–H groups in total. The highest BCUT2D eigenvalue weighted by atomic mass is 15.0. The molecule has 0 bridgehead atoms. The molecule has 9 rings (SSSR count). The van der Waals surface area contributed by atoms with Crippen LogP contribution in [0.25, 0.3) is 54.9 Å². The van der Waals surface area contributed by atoms with Crippen LogP contribution in [0.4, 0.5) is 0 Å². The normalized spacial score (nSPS) is 10.8. The van der Waals surface area contributed by atoms with Gasteiger partial charge in [-0.1, -0.05) is 170 Å². The van der Waals surface area contributed by atoms with E-state index in [1.807, 2.05) is 6.92 Å². The minimum Gasteiger partial charge on any atom is -0.316 e. The number of allylic oxidation sites excluding steroid dienone is 1. The molecule has 51 heavy (non-hydrogen) atoms. The van der Waals surface area contributed by atoms with Crippen molar-refractivity contribution in [2.75, 3.05) is 0 Å². The second-order valence-corrected chi connectivity index (χ2v) is 12.9. The number of nitrogens with zero attached hydrogens (tertiary/aromatic N) is 2. The van der Waals surface area contributed by atoms with Crippen LogP contribution in [0.15, 0.2) is 189 Å². The molecular formula is C48H43BN2. The summed E-state index contributed by atoms with van der Waals surface area (Å²) in [5, 5.41) is 6.34. The molecule has 2 aromatic heterocycles. The second kappa shape index (κ2) is 15.2. The maximum absolute atomic E-state index is 3.36. The molecule has 0 aliphatic carbocycles. The molecule has 3 heteroatoms. The summed E-state index contributed by atoms with van der Waals surface area (Å²) in [6, 6.07) is 61.6. The summed E-state index contributed by atoms with van der Waals surface area (Å²) >= 11 is 0. The van der Waals surface area contributed by atoms with Crippen LogP contribution < -0.4 is 16.4 Å². The van der Waals surface area contributed by atoms with Gasteiger partial charge in [0.15, 0.2) is 0 Å². The van der Waals surface area contributed by atoms with E-state index < -0.39 is 0 Å². The lowest BCUT2D eigenvalue weighted by Crippen LogP contribution is -2.51. The highest BCUT2D eigenvalue weighted by Gasteiger charge is 2.22. The fourth-order valence-corrected chi connectivity index (χ4v) is 7.26. The second-order valence-electron chi connectivity index (χ2n) is 12.9. The average molecular weight is 659 g/mol. The summed E-state index contributed by atoms with van der Waals surface area (Å²) in [6.45, 7) is 9.67. The Labute approximate surface area is 302 Å². The fourth-order valence-electron chi connectivity index (χ4n) is 7.26. The van der Waals surface area contributed by atoms with E-state index in [1.54, 1.807) is 6.08 Å². The van der Waals surface area contributed by atoms with Crippen molar-refractivity contribution in [3.63, 3.8) is 0 Å². The van der Waals surface area contributed by atoms with Gasteiger partial charge < -0.3 is 9.13 Å². The van der Waals surface area contributed by atoms with Gasteiger partial charge in [0.25, 0.3) is 0 Å². The minimum atomic E-state index is 0.169. The lowest BCUT2D eigenvalue weighted by Gasteiger charge is -2.16. The summed E-state index contributed by atoms with van der Waals surface area (Å²) in [7, 11) is 0. The Bertz CT molecular complexity index is 2490. The number of benzene rings is 7. The quantitative estimate of drug-likeness (QED) is 0.129. The average Bonchev–Trinajstić information content (AvgIpc) is 3.77. The number of rotatable bonds is 5. The summed E-state index contributed by atoms with van der Waals surface area (Å²) in [5.74, 6) is 0. The monoisotopic (exact) mass is 658 g/mol. The molecule has 0 spiro atoms. The van der Waals surface area contributed by atoms with Crippen molar-refractivity contribution < 1.29 is 0 Å². The van der Waals surface area contributed by atoms with Gasteiger partial charge in [-0.25, -0.2) is 0 Å². The Kier molecular flexibility index (Phi) is 9.99. The molecule has 0 radical (unpaired) electrons. The van der Waals surface area contributed by atoms with Gasteiger partial charge >= 0.3 is 0 Å². The molecule has 0 atom stereocenters. The van der Waals surface area contributed by atoms with Gasteiger partial charge in [-0.05, 0) is 54.8 Å². The summed E-state index contributed by atoms with van der Waals surface area (Å²) in [5.41, 5.74) is 9.88. The van der Waals surface area contributed by atoms with Crippen molar-refractivity contribution in [3.8, 4) is 11.4 Å². The SMILES string of the molecule is C=CC.CCC.c1ccc(B(c2ccccc2)c2ccc(-n3c4ccccc4c4c5c(ccc6ccn(-c7ccccc7)c65)ccc43)cc2)cc1. The number of hydrogen-bond acceptors (Lipinski definition) is 0. The Balaban J connectivity index is 0.000000635. The van der Waals surface area contributed by atoms with Crippen molar-refractivity contribution in [1.82, 2.24) is 9.13 Å². The first-order valence-corrected chi connectivity index (χ1v) is 18.0. The molecule has 2 heterocycles. The highest BCUT2D eigenvalue weighted by molar-refractivity contribution is 6.95. The first-order chi connectivity index (χ1) is 25.2. The molecule has 2 nitrogen and oxygen atoms in total. The lowest BCUT2D eigenvalue weighted by molar-refractivity contribution is 1.09. The van der Waals surface area contributed by atoms with Crippen LogP contribution in [0, 0.1) is 0 Å². The van der Waals surface area contributed by atoms with Crippen molar-refractivity contribution in [1.29, 1.82) is 0 Å². The number of hydrogen-bond donors (Lipinski definition) is 0. The Morgan fingerprint density at radius 1 is 0.510 bits per heavy atom. The van der Waals surface area contributed by atoms with Crippen LogP contribution in [0.3, 0.4) is 0 Å². The lowest BCUT2D eigenvalue weighted by atomic mass is 9.37. The van der Waals surface area contributed by atoms with Gasteiger partial charge in [-0.15, -0.1) is 6.58 Å². The zero-order chi connectivity index (χ0) is 35.2. The third kappa shape index (κ3) is 6.40. The summed E-state index contributed by atoms with van der Waals surface area (Å²) in [6.07, 6.45) is 5.20. The zero-order valence-electron chi connectivity index (χ0n) is 29.7. The van der Waals surface area contributed by atoms with E-state index in [1.165, 1.54) is 72.0 Å². The van der Waals surface area contributed by atoms with Crippen LogP contribution in [0.1, 0.15) is 27.2 Å². The largest absolute Gasteiger partial charge is 0.316 e. The maximum Gasteiger partial charge on any atom is 0.241 e. The van der Waals surface area contributed by atoms with E-state index in [2.05, 4.69) is 206 Å². The molecule has 0 unspecified atom stereocenters. The standard InChI is InChI=1S/C42H29BN2.C3H8.C3H6/c1-4-12-32(13-5-1)43(33-14-6-2-7-15-33)34-23-25-36(26-24-34)45-38-19-11-10-18-37(38)41-39(45)27-22-30-20-21-31-28-29-44(42(31)40(30)41)35-16-8-3-9-17-35;2*1-3-2/h1-29H;3H2,1-2H3;3H,1H2,2H3. The van der Waals surface area contributed by atoms with Crippen LogP contribution in [0.5, 0.6) is 0 Å². The molecule has 9 aromatic rings. The minimum absolute atomic E-state index is 0.169. The predicted octanol–water partition coefficient (Wildman–Crippen LogP) is 11.0. The van der Waals surface area contributed by atoms with Gasteiger partial charge in [-0.3, -0.25) is 0 Å². The van der Waals surface area contributed by atoms with Gasteiger partial charge in [0.1, 0.15) is 0 Å². The third-order valence-corrected chi connectivity index (χ3v) is 9.25. The van der Waals surface area contributed by atoms with Crippen molar-refractivity contribution >= 4 is 66.6 Å². The van der Waals surface area contributed by atoms with Crippen molar-refractivity contribution in [3.05, 3.63) is 189 Å². The van der Waals surface area contributed by atoms with E-state index in [0.29, 0.717) is 0 Å². The molecule has 0 amide bonds. The molecule has 0 fully saturated rings. The van der Waals surface area contributed by atoms with E-state index in [4.69, 9.17) is 0 Å². The predicted molar refractivity (Wildman–Crippen MR) is 224 cm³/mol. The highest BCUT2D eigenvalue weighted by Crippen LogP contribution is 2.40. The van der Waals surface area contributed by atoms with Gasteiger partial charge in [0.05, 0.1) is 16.6 Å². The molecule has 0 aliphatic rings. The van der Waals surface area contributed by atoms with E-state index in [0.717, 1.165) is 5.69 Å². The summed E-state index contributed by atoms with van der Waals surface area (Å²) < 4.78 is 4.77. The molecule has 0 saturated heterocycles. The topological polar surface area (TPSA) is 9.86 Å². The third-order valence-electron chi connectivity index (χ3n) is 9.25. The molecule has 0 aliphatic heterocycles. The van der Waals surface area contributed by atoms with Gasteiger partial charge in [0.2, 0.25) is 6.71 Å². The van der Waals surface area contributed by atoms with Crippen molar-refractivity contribution in [2.24, 2.45) is 0 Å². The molecule has 0 saturated carbocycles. The van der Waals surface area contributed by atoms with Crippen LogP contribution in [-0.2, 0) is 0 Å². The smallest absolute Gasteiger partial charge is 0.241 e. The fraction of sp³-hybridized carbons (Fsp3) is 0.0833. The Morgan fingerprint density at radius 3 is 1.65 bits per heavy atom. The number of para-hydroxylation sites is 2. The molecule has 248 valence electrons. The van der Waals surface area contributed by atoms with Gasteiger partial charge in [-0.2, -0.15) is 0 Å². The van der Waals surface area contributed by atoms with E-state index in [-0.39, 0.29) is 6.71 Å². The maximum atomic E-state index is 3.36. The number of fused-ring (bicyclic) bond motifs is 7. The molecule has 7 aromatic carbocycles. The Hall–Kier alpha value is -6.06. The first kappa shape index (κ1) is 33.4. The van der Waals surface area contributed by atoms with Crippen molar-refractivity contribution in [2.45, 2.75) is 27.2 Å². The zero-order valence-corrected chi connectivity index (χ0v) is 29.7. The summed E-state index contributed by atoms with van der Waals surface area (Å²) in [4.78, 5) is 0.